The fraction of sp³-hybridized carbons (Fsp3) is 0.727. The Hall–Kier alpha value is -2.83. The summed E-state index contributed by atoms with van der Waals surface area (Å²) in [6, 6.07) is -1.23. The zero-order valence-electron chi connectivity index (χ0n) is 21.6. The number of ether oxygens (including phenoxy) is 2. The standard InChI is InChI=1S/C12H22N2O4S.C10H18N2O4/c1-5-19-10(16)7-8(6-9(13)15)14-11(17)18-12(2,3)4;1-10(2,3)16-9(15)12-7(4-5-13)6-8(11)14/h8H,5-7H2,1-4H3,(H2,13,15)(H,14,17);5,7H,4,6H2,1-3H3,(H2,11,14)(H,12,15)/t8-;7-/m01/s1. The maximum atomic E-state index is 11.6. The first-order valence-corrected chi connectivity index (χ1v) is 12.0. The first kappa shape index (κ1) is 34.3. The van der Waals surface area contributed by atoms with Gasteiger partial charge in [-0.05, 0) is 47.3 Å². The molecule has 0 unspecified atom stereocenters. The van der Waals surface area contributed by atoms with Crippen LogP contribution >= 0.6 is 11.8 Å². The summed E-state index contributed by atoms with van der Waals surface area (Å²) in [5, 5.41) is 4.82. The van der Waals surface area contributed by atoms with Crippen molar-refractivity contribution in [3.63, 3.8) is 0 Å². The van der Waals surface area contributed by atoms with Gasteiger partial charge in [-0.25, -0.2) is 9.59 Å². The summed E-state index contributed by atoms with van der Waals surface area (Å²) in [6.45, 7) is 12.2. The van der Waals surface area contributed by atoms with E-state index in [4.69, 9.17) is 20.9 Å². The van der Waals surface area contributed by atoms with E-state index in [2.05, 4.69) is 10.6 Å². The average Bonchev–Trinajstić information content (AvgIpc) is 2.57. The van der Waals surface area contributed by atoms with Crippen LogP contribution in [-0.2, 0) is 28.7 Å². The highest BCUT2D eigenvalue weighted by atomic mass is 32.2. The molecule has 6 N–H and O–H groups in total. The summed E-state index contributed by atoms with van der Waals surface area (Å²) in [5.41, 5.74) is 8.82. The normalized spacial score (nSPS) is 12.7. The summed E-state index contributed by atoms with van der Waals surface area (Å²) in [5.74, 6) is -0.507. The lowest BCUT2D eigenvalue weighted by Gasteiger charge is -2.22. The molecule has 0 aliphatic heterocycles. The smallest absolute Gasteiger partial charge is 0.407 e. The minimum atomic E-state index is -0.666. The molecule has 0 aromatic heterocycles. The summed E-state index contributed by atoms with van der Waals surface area (Å²) < 4.78 is 10.0. The van der Waals surface area contributed by atoms with E-state index in [9.17, 15) is 28.8 Å². The van der Waals surface area contributed by atoms with Crippen LogP contribution in [0.4, 0.5) is 9.59 Å². The molecule has 2 atom stereocenters. The molecule has 0 saturated heterocycles. The Morgan fingerprint density at radius 3 is 1.54 bits per heavy atom. The van der Waals surface area contributed by atoms with Crippen LogP contribution in [0, 0.1) is 0 Å². The lowest BCUT2D eigenvalue weighted by molar-refractivity contribution is -0.119. The molecule has 13 heteroatoms. The average molecular weight is 521 g/mol. The maximum Gasteiger partial charge on any atom is 0.407 e. The van der Waals surface area contributed by atoms with Crippen LogP contribution < -0.4 is 22.1 Å². The van der Waals surface area contributed by atoms with E-state index in [1.165, 1.54) is 0 Å². The van der Waals surface area contributed by atoms with Gasteiger partial charge in [-0.15, -0.1) is 0 Å². The van der Waals surface area contributed by atoms with Gasteiger partial charge < -0.3 is 36.4 Å². The van der Waals surface area contributed by atoms with Crippen molar-refractivity contribution in [1.29, 1.82) is 0 Å². The Bertz CT molecular complexity index is 732. The minimum absolute atomic E-state index is 0.0299. The number of aldehydes is 1. The summed E-state index contributed by atoms with van der Waals surface area (Å²) in [4.78, 5) is 66.3. The van der Waals surface area contributed by atoms with Crippen LogP contribution in [0.3, 0.4) is 0 Å². The third kappa shape index (κ3) is 24.1. The number of nitrogens with two attached hydrogens (primary N) is 2. The van der Waals surface area contributed by atoms with Gasteiger partial charge in [0.15, 0.2) is 5.12 Å². The van der Waals surface area contributed by atoms with Crippen molar-refractivity contribution in [2.75, 3.05) is 5.75 Å². The Labute approximate surface area is 211 Å². The Kier molecular flexibility index (Phi) is 16.4. The van der Waals surface area contributed by atoms with E-state index in [0.717, 1.165) is 11.8 Å². The number of thioether (sulfide) groups is 1. The Balaban J connectivity index is 0. The SMILES string of the molecule is CC(C)(C)OC(=O)N[C@H](CC=O)CC(N)=O.CCSC(=O)C[C@H](CC(N)=O)NC(=O)OC(C)(C)C. The van der Waals surface area contributed by atoms with Crippen LogP contribution in [-0.4, -0.2) is 64.4 Å². The van der Waals surface area contributed by atoms with Gasteiger partial charge in [-0.2, -0.15) is 0 Å². The second-order valence-corrected chi connectivity index (χ2v) is 10.8. The van der Waals surface area contributed by atoms with Crippen LogP contribution in [0.5, 0.6) is 0 Å². The van der Waals surface area contributed by atoms with E-state index in [0.29, 0.717) is 12.0 Å². The zero-order chi connectivity index (χ0) is 27.8. The number of alkyl carbamates (subject to hydrolysis) is 2. The number of rotatable bonds is 11. The summed E-state index contributed by atoms with van der Waals surface area (Å²) in [7, 11) is 0. The fourth-order valence-electron chi connectivity index (χ4n) is 2.34. The highest BCUT2D eigenvalue weighted by Crippen LogP contribution is 2.12. The molecule has 0 bridgehead atoms. The number of hydrogen-bond donors (Lipinski definition) is 4. The molecule has 4 amide bonds. The van der Waals surface area contributed by atoms with Gasteiger partial charge in [-0.1, -0.05) is 18.7 Å². The van der Waals surface area contributed by atoms with Crippen molar-refractivity contribution in [1.82, 2.24) is 10.6 Å². The molecule has 0 saturated carbocycles. The van der Waals surface area contributed by atoms with Gasteiger partial charge in [0.1, 0.15) is 17.5 Å². The van der Waals surface area contributed by atoms with Crippen molar-refractivity contribution in [3.05, 3.63) is 0 Å². The van der Waals surface area contributed by atoms with Crippen molar-refractivity contribution in [3.8, 4) is 0 Å². The van der Waals surface area contributed by atoms with Crippen LogP contribution in [0.25, 0.3) is 0 Å². The molecular formula is C22H40N4O8S. The first-order valence-electron chi connectivity index (χ1n) is 11.0. The summed E-state index contributed by atoms with van der Waals surface area (Å²) >= 11 is 1.14. The minimum Gasteiger partial charge on any atom is -0.444 e. The van der Waals surface area contributed by atoms with Crippen molar-refractivity contribution >= 4 is 47.2 Å². The first-order chi connectivity index (χ1) is 15.9. The number of carbonyl (C=O) groups excluding carboxylic acids is 6. The van der Waals surface area contributed by atoms with Gasteiger partial charge in [0.2, 0.25) is 11.8 Å². The zero-order valence-corrected chi connectivity index (χ0v) is 22.4. The molecule has 0 spiro atoms. The van der Waals surface area contributed by atoms with E-state index in [-0.39, 0.29) is 30.8 Å². The fourth-order valence-corrected chi connectivity index (χ4v) is 2.98. The molecule has 0 aromatic rings. The monoisotopic (exact) mass is 520 g/mol. The van der Waals surface area contributed by atoms with Crippen LogP contribution in [0.1, 0.15) is 74.1 Å². The molecular weight excluding hydrogens is 480 g/mol. The largest absolute Gasteiger partial charge is 0.444 e. The molecule has 0 aliphatic rings. The molecule has 35 heavy (non-hydrogen) atoms. The molecule has 0 aliphatic carbocycles. The van der Waals surface area contributed by atoms with Gasteiger partial charge >= 0.3 is 12.2 Å². The van der Waals surface area contributed by atoms with Gasteiger partial charge in [-0.3, -0.25) is 14.4 Å². The number of amides is 4. The molecule has 12 nitrogen and oxygen atoms in total. The number of nitrogens with one attached hydrogen (secondary N) is 2. The Morgan fingerprint density at radius 1 is 0.800 bits per heavy atom. The van der Waals surface area contributed by atoms with Gasteiger partial charge in [0, 0.05) is 37.8 Å². The lowest BCUT2D eigenvalue weighted by atomic mass is 10.1. The molecule has 0 heterocycles. The topological polar surface area (TPSA) is 197 Å². The van der Waals surface area contributed by atoms with Crippen molar-refractivity contribution in [2.45, 2.75) is 97.4 Å². The van der Waals surface area contributed by atoms with Crippen molar-refractivity contribution < 1.29 is 38.2 Å². The van der Waals surface area contributed by atoms with Gasteiger partial charge in [0.25, 0.3) is 0 Å². The van der Waals surface area contributed by atoms with Gasteiger partial charge in [0.05, 0.1) is 0 Å². The number of hydrogen-bond acceptors (Lipinski definition) is 9. The number of primary amides is 2. The second kappa shape index (κ2) is 16.7. The van der Waals surface area contributed by atoms with Crippen LogP contribution in [0.2, 0.25) is 0 Å². The molecule has 0 fully saturated rings. The highest BCUT2D eigenvalue weighted by molar-refractivity contribution is 8.13. The van der Waals surface area contributed by atoms with E-state index in [1.54, 1.807) is 41.5 Å². The third-order valence-electron chi connectivity index (χ3n) is 3.44. The molecule has 202 valence electrons. The molecule has 0 aromatic carbocycles. The van der Waals surface area contributed by atoms with E-state index < -0.39 is 47.3 Å². The Morgan fingerprint density at radius 2 is 1.20 bits per heavy atom. The molecule has 0 rings (SSSR count). The lowest BCUT2D eigenvalue weighted by Crippen LogP contribution is -2.42. The highest BCUT2D eigenvalue weighted by Gasteiger charge is 2.23. The molecule has 0 radical (unpaired) electrons. The third-order valence-corrected chi connectivity index (χ3v) is 4.21. The van der Waals surface area contributed by atoms with E-state index in [1.807, 2.05) is 6.92 Å². The van der Waals surface area contributed by atoms with E-state index >= 15 is 0 Å². The predicted molar refractivity (Wildman–Crippen MR) is 132 cm³/mol. The number of carbonyl (C=O) groups is 6. The predicted octanol–water partition coefficient (Wildman–Crippen LogP) is 1.77. The van der Waals surface area contributed by atoms with Crippen LogP contribution in [0.15, 0.2) is 0 Å². The maximum absolute atomic E-state index is 11.6. The summed E-state index contributed by atoms with van der Waals surface area (Å²) in [6.07, 6.45) is -0.796. The quantitative estimate of drug-likeness (QED) is 0.293. The second-order valence-electron chi connectivity index (χ2n) is 9.44. The van der Waals surface area contributed by atoms with Crippen molar-refractivity contribution in [2.24, 2.45) is 11.5 Å².